The van der Waals surface area contributed by atoms with Crippen LogP contribution in [0, 0.1) is 0 Å². The summed E-state index contributed by atoms with van der Waals surface area (Å²) in [5.41, 5.74) is 3.69. The Balaban J connectivity index is 2.77. The first-order valence-corrected chi connectivity index (χ1v) is 5.99. The van der Waals surface area contributed by atoms with Gasteiger partial charge in [0.2, 0.25) is 0 Å². The van der Waals surface area contributed by atoms with Crippen molar-refractivity contribution in [1.82, 2.24) is 5.32 Å². The highest BCUT2D eigenvalue weighted by atomic mass is 16.5. The minimum absolute atomic E-state index is 0.500. The zero-order valence-corrected chi connectivity index (χ0v) is 11.2. The quantitative estimate of drug-likeness (QED) is 0.790. The molecule has 0 fully saturated rings. The third-order valence-corrected chi connectivity index (χ3v) is 2.58. The number of benzene rings is 1. The summed E-state index contributed by atoms with van der Waals surface area (Å²) in [6.07, 6.45) is 0. The van der Waals surface area contributed by atoms with E-state index in [1.54, 1.807) is 14.2 Å². The van der Waals surface area contributed by atoms with E-state index in [-0.39, 0.29) is 0 Å². The Labute approximate surface area is 104 Å². The van der Waals surface area contributed by atoms with Gasteiger partial charge >= 0.3 is 0 Å². The lowest BCUT2D eigenvalue weighted by atomic mass is 10.0. The standard InChI is InChI=1S/C14H23NO2/c1-11(2)15-8-12-5-6-13(9-16-3)14(7-12)10-17-4/h5-7,11,15H,8-10H2,1-4H3. The van der Waals surface area contributed by atoms with Gasteiger partial charge in [0.05, 0.1) is 13.2 Å². The van der Waals surface area contributed by atoms with Crippen molar-refractivity contribution in [3.8, 4) is 0 Å². The van der Waals surface area contributed by atoms with Gasteiger partial charge in [0.15, 0.2) is 0 Å². The molecule has 0 aliphatic heterocycles. The highest BCUT2D eigenvalue weighted by Gasteiger charge is 2.04. The van der Waals surface area contributed by atoms with Crippen LogP contribution in [0.3, 0.4) is 0 Å². The van der Waals surface area contributed by atoms with Crippen LogP contribution in [0.5, 0.6) is 0 Å². The molecule has 17 heavy (non-hydrogen) atoms. The molecule has 0 amide bonds. The van der Waals surface area contributed by atoms with Crippen LogP contribution in [-0.2, 0) is 29.2 Å². The topological polar surface area (TPSA) is 30.5 Å². The second kappa shape index (κ2) is 7.43. The molecule has 0 atom stereocenters. The monoisotopic (exact) mass is 237 g/mol. The van der Waals surface area contributed by atoms with Crippen LogP contribution in [0.15, 0.2) is 18.2 Å². The van der Waals surface area contributed by atoms with E-state index in [1.807, 2.05) is 0 Å². The van der Waals surface area contributed by atoms with Crippen molar-refractivity contribution in [3.63, 3.8) is 0 Å². The fourth-order valence-corrected chi connectivity index (χ4v) is 1.70. The van der Waals surface area contributed by atoms with E-state index in [4.69, 9.17) is 9.47 Å². The number of hydrogen-bond donors (Lipinski definition) is 1. The average molecular weight is 237 g/mol. The second-order valence-electron chi connectivity index (χ2n) is 4.50. The average Bonchev–Trinajstić information content (AvgIpc) is 2.30. The van der Waals surface area contributed by atoms with Gasteiger partial charge in [-0.05, 0) is 16.7 Å². The highest BCUT2D eigenvalue weighted by molar-refractivity contribution is 5.31. The van der Waals surface area contributed by atoms with Crippen LogP contribution in [0.4, 0.5) is 0 Å². The van der Waals surface area contributed by atoms with Crippen LogP contribution >= 0.6 is 0 Å². The molecule has 0 saturated carbocycles. The largest absolute Gasteiger partial charge is 0.380 e. The summed E-state index contributed by atoms with van der Waals surface area (Å²) >= 11 is 0. The normalized spacial score (nSPS) is 11.1. The zero-order chi connectivity index (χ0) is 12.7. The van der Waals surface area contributed by atoms with E-state index in [1.165, 1.54) is 16.7 Å². The molecule has 0 saturated heterocycles. The fraction of sp³-hybridized carbons (Fsp3) is 0.571. The molecule has 1 N–H and O–H groups in total. The van der Waals surface area contributed by atoms with Crippen molar-refractivity contribution >= 4 is 0 Å². The molecule has 0 aromatic heterocycles. The van der Waals surface area contributed by atoms with Gasteiger partial charge in [-0.25, -0.2) is 0 Å². The highest BCUT2D eigenvalue weighted by Crippen LogP contribution is 2.14. The Hall–Kier alpha value is -0.900. The molecule has 1 rings (SSSR count). The van der Waals surface area contributed by atoms with E-state index in [9.17, 15) is 0 Å². The maximum Gasteiger partial charge on any atom is 0.0716 e. The summed E-state index contributed by atoms with van der Waals surface area (Å²) in [6.45, 7) is 6.46. The molecule has 0 bridgehead atoms. The van der Waals surface area contributed by atoms with Crippen molar-refractivity contribution in [2.24, 2.45) is 0 Å². The first-order valence-electron chi connectivity index (χ1n) is 5.99. The van der Waals surface area contributed by atoms with Crippen LogP contribution in [0.2, 0.25) is 0 Å². The molecular formula is C14H23NO2. The van der Waals surface area contributed by atoms with Gasteiger partial charge in [-0.15, -0.1) is 0 Å². The van der Waals surface area contributed by atoms with Gasteiger partial charge < -0.3 is 14.8 Å². The predicted octanol–water partition coefficient (Wildman–Crippen LogP) is 2.48. The Morgan fingerprint density at radius 2 is 1.71 bits per heavy atom. The lowest BCUT2D eigenvalue weighted by Crippen LogP contribution is -2.21. The van der Waals surface area contributed by atoms with E-state index in [0.29, 0.717) is 19.3 Å². The van der Waals surface area contributed by atoms with Crippen LogP contribution < -0.4 is 5.32 Å². The van der Waals surface area contributed by atoms with Gasteiger partial charge in [0.25, 0.3) is 0 Å². The molecular weight excluding hydrogens is 214 g/mol. The summed E-state index contributed by atoms with van der Waals surface area (Å²) < 4.78 is 10.4. The second-order valence-corrected chi connectivity index (χ2v) is 4.50. The molecule has 1 aromatic carbocycles. The van der Waals surface area contributed by atoms with Crippen molar-refractivity contribution in [3.05, 3.63) is 34.9 Å². The van der Waals surface area contributed by atoms with Crippen molar-refractivity contribution in [1.29, 1.82) is 0 Å². The number of rotatable bonds is 7. The minimum atomic E-state index is 0.500. The Morgan fingerprint density at radius 1 is 1.06 bits per heavy atom. The molecule has 0 spiro atoms. The molecule has 1 aromatic rings. The van der Waals surface area contributed by atoms with Crippen molar-refractivity contribution < 1.29 is 9.47 Å². The van der Waals surface area contributed by atoms with Crippen LogP contribution in [0.25, 0.3) is 0 Å². The smallest absolute Gasteiger partial charge is 0.0716 e. The van der Waals surface area contributed by atoms with Gasteiger partial charge in [0.1, 0.15) is 0 Å². The summed E-state index contributed by atoms with van der Waals surface area (Å²) in [5.74, 6) is 0. The summed E-state index contributed by atoms with van der Waals surface area (Å²) in [4.78, 5) is 0. The minimum Gasteiger partial charge on any atom is -0.380 e. The molecule has 0 aliphatic rings. The van der Waals surface area contributed by atoms with E-state index < -0.39 is 0 Å². The van der Waals surface area contributed by atoms with Crippen molar-refractivity contribution in [2.45, 2.75) is 39.6 Å². The number of ether oxygens (including phenoxy) is 2. The molecule has 0 radical (unpaired) electrons. The summed E-state index contributed by atoms with van der Waals surface area (Å²) in [5, 5.41) is 3.41. The first-order chi connectivity index (χ1) is 8.17. The Morgan fingerprint density at radius 3 is 2.29 bits per heavy atom. The third kappa shape index (κ3) is 4.86. The molecule has 96 valence electrons. The van der Waals surface area contributed by atoms with Gasteiger partial charge in [-0.2, -0.15) is 0 Å². The van der Waals surface area contributed by atoms with Gasteiger partial charge in [-0.1, -0.05) is 32.0 Å². The summed E-state index contributed by atoms with van der Waals surface area (Å²) in [6, 6.07) is 6.95. The van der Waals surface area contributed by atoms with Crippen molar-refractivity contribution in [2.75, 3.05) is 14.2 Å². The molecule has 3 heteroatoms. The van der Waals surface area contributed by atoms with Crippen LogP contribution in [0.1, 0.15) is 30.5 Å². The molecule has 0 aliphatic carbocycles. The lowest BCUT2D eigenvalue weighted by Gasteiger charge is -2.12. The number of methoxy groups -OCH3 is 2. The maximum absolute atomic E-state index is 5.22. The first kappa shape index (κ1) is 14.2. The SMILES string of the molecule is COCc1ccc(CNC(C)C)cc1COC. The maximum atomic E-state index is 5.22. The number of hydrogen-bond acceptors (Lipinski definition) is 3. The third-order valence-electron chi connectivity index (χ3n) is 2.58. The lowest BCUT2D eigenvalue weighted by molar-refractivity contribution is 0.168. The van der Waals surface area contributed by atoms with Gasteiger partial charge in [-0.3, -0.25) is 0 Å². The summed E-state index contributed by atoms with van der Waals surface area (Å²) in [7, 11) is 3.43. The van der Waals surface area contributed by atoms with E-state index in [0.717, 1.165) is 6.54 Å². The zero-order valence-electron chi connectivity index (χ0n) is 11.2. The van der Waals surface area contributed by atoms with E-state index in [2.05, 4.69) is 37.4 Å². The Kier molecular flexibility index (Phi) is 6.19. The molecule has 3 nitrogen and oxygen atoms in total. The number of nitrogens with one attached hydrogen (secondary N) is 1. The van der Waals surface area contributed by atoms with Gasteiger partial charge in [0, 0.05) is 26.8 Å². The van der Waals surface area contributed by atoms with E-state index >= 15 is 0 Å². The fourth-order valence-electron chi connectivity index (χ4n) is 1.70. The van der Waals surface area contributed by atoms with Crippen LogP contribution in [-0.4, -0.2) is 20.3 Å². The predicted molar refractivity (Wildman–Crippen MR) is 69.8 cm³/mol. The molecule has 0 unspecified atom stereocenters. The molecule has 0 heterocycles. The Bertz CT molecular complexity index is 337.